The number of anilines is 1. The SMILES string of the molecule is COc1ccc(/C=N\N2CCN(c3ccc(Cl)cc3)CC2)c(OC)c1OC. The van der Waals surface area contributed by atoms with Gasteiger partial charge in [-0.3, -0.25) is 5.01 Å². The molecule has 0 radical (unpaired) electrons. The van der Waals surface area contributed by atoms with Gasteiger partial charge < -0.3 is 19.1 Å². The maximum absolute atomic E-state index is 5.97. The van der Waals surface area contributed by atoms with Crippen molar-refractivity contribution < 1.29 is 14.2 Å². The Balaban J connectivity index is 1.66. The summed E-state index contributed by atoms with van der Waals surface area (Å²) in [4.78, 5) is 2.33. The van der Waals surface area contributed by atoms with Gasteiger partial charge >= 0.3 is 0 Å². The largest absolute Gasteiger partial charge is 0.493 e. The molecule has 0 aliphatic carbocycles. The summed E-state index contributed by atoms with van der Waals surface area (Å²) in [5.41, 5.74) is 2.03. The minimum Gasteiger partial charge on any atom is -0.493 e. The second-order valence-electron chi connectivity index (χ2n) is 6.09. The van der Waals surface area contributed by atoms with Crippen molar-refractivity contribution in [3.8, 4) is 17.2 Å². The molecule has 2 aromatic rings. The molecule has 0 unspecified atom stereocenters. The molecule has 0 saturated carbocycles. The van der Waals surface area contributed by atoms with E-state index in [1.54, 1.807) is 27.5 Å². The summed E-state index contributed by atoms with van der Waals surface area (Å²) in [5.74, 6) is 1.81. The summed E-state index contributed by atoms with van der Waals surface area (Å²) < 4.78 is 16.2. The van der Waals surface area contributed by atoms with Gasteiger partial charge in [0.05, 0.1) is 40.6 Å². The van der Waals surface area contributed by atoms with Crippen LogP contribution in [0.15, 0.2) is 41.5 Å². The van der Waals surface area contributed by atoms with Crippen molar-refractivity contribution in [2.24, 2.45) is 5.10 Å². The lowest BCUT2D eigenvalue weighted by Crippen LogP contribution is -2.44. The zero-order chi connectivity index (χ0) is 19.2. The van der Waals surface area contributed by atoms with Crippen LogP contribution in [0.2, 0.25) is 5.02 Å². The highest BCUT2D eigenvalue weighted by molar-refractivity contribution is 6.30. The summed E-state index contributed by atoms with van der Waals surface area (Å²) in [6.07, 6.45) is 1.80. The first kappa shape index (κ1) is 19.2. The van der Waals surface area contributed by atoms with Crippen molar-refractivity contribution in [1.82, 2.24) is 5.01 Å². The van der Waals surface area contributed by atoms with Crippen molar-refractivity contribution in [3.05, 3.63) is 47.0 Å². The number of ether oxygens (including phenoxy) is 3. The normalized spacial score (nSPS) is 14.5. The molecule has 1 aliphatic heterocycles. The van der Waals surface area contributed by atoms with Gasteiger partial charge in [0.15, 0.2) is 11.5 Å². The molecule has 3 rings (SSSR count). The number of nitrogens with zero attached hydrogens (tertiary/aromatic N) is 3. The zero-order valence-electron chi connectivity index (χ0n) is 15.8. The van der Waals surface area contributed by atoms with Crippen LogP contribution in [0.1, 0.15) is 5.56 Å². The van der Waals surface area contributed by atoms with Crippen molar-refractivity contribution in [2.75, 3.05) is 52.4 Å². The first-order valence-electron chi connectivity index (χ1n) is 8.74. The Hall–Kier alpha value is -2.60. The summed E-state index contributed by atoms with van der Waals surface area (Å²) in [6, 6.07) is 11.7. The monoisotopic (exact) mass is 389 g/mol. The third-order valence-corrected chi connectivity index (χ3v) is 4.79. The van der Waals surface area contributed by atoms with E-state index in [-0.39, 0.29) is 0 Å². The molecule has 1 aliphatic rings. The summed E-state index contributed by atoms with van der Waals surface area (Å²) in [5, 5.41) is 7.43. The average Bonchev–Trinajstić information content (AvgIpc) is 2.72. The van der Waals surface area contributed by atoms with E-state index in [9.17, 15) is 0 Å². The fourth-order valence-corrected chi connectivity index (χ4v) is 3.22. The lowest BCUT2D eigenvalue weighted by atomic mass is 10.2. The number of methoxy groups -OCH3 is 3. The molecule has 0 atom stereocenters. The van der Waals surface area contributed by atoms with Crippen LogP contribution in [0.4, 0.5) is 5.69 Å². The summed E-state index contributed by atoms with van der Waals surface area (Å²) in [7, 11) is 4.81. The van der Waals surface area contributed by atoms with E-state index < -0.39 is 0 Å². The van der Waals surface area contributed by atoms with Gasteiger partial charge in [0.25, 0.3) is 0 Å². The third-order valence-electron chi connectivity index (χ3n) is 4.54. The Labute approximate surface area is 164 Å². The first-order chi connectivity index (χ1) is 13.2. The van der Waals surface area contributed by atoms with Gasteiger partial charge in [-0.1, -0.05) is 11.6 Å². The average molecular weight is 390 g/mol. The van der Waals surface area contributed by atoms with E-state index in [1.165, 1.54) is 5.69 Å². The quantitative estimate of drug-likeness (QED) is 0.707. The van der Waals surface area contributed by atoms with Crippen LogP contribution < -0.4 is 19.1 Å². The minimum absolute atomic E-state index is 0.566. The van der Waals surface area contributed by atoms with Crippen LogP contribution in [0.25, 0.3) is 0 Å². The Kier molecular flexibility index (Phi) is 6.29. The van der Waals surface area contributed by atoms with Gasteiger partial charge in [-0.05, 0) is 36.4 Å². The van der Waals surface area contributed by atoms with E-state index in [2.05, 4.69) is 27.1 Å². The van der Waals surface area contributed by atoms with Crippen LogP contribution in [0, 0.1) is 0 Å². The molecule has 2 aromatic carbocycles. The van der Waals surface area contributed by atoms with E-state index in [0.29, 0.717) is 17.2 Å². The van der Waals surface area contributed by atoms with E-state index in [0.717, 1.165) is 36.8 Å². The molecule has 1 heterocycles. The summed E-state index contributed by atoms with van der Waals surface area (Å²) in [6.45, 7) is 3.49. The second-order valence-corrected chi connectivity index (χ2v) is 6.52. The summed E-state index contributed by atoms with van der Waals surface area (Å²) >= 11 is 5.97. The van der Waals surface area contributed by atoms with Crippen LogP contribution in [-0.4, -0.2) is 58.7 Å². The van der Waals surface area contributed by atoms with Crippen LogP contribution in [0.5, 0.6) is 17.2 Å². The van der Waals surface area contributed by atoms with Gasteiger partial charge in [0.2, 0.25) is 5.75 Å². The van der Waals surface area contributed by atoms with Gasteiger partial charge in [-0.15, -0.1) is 0 Å². The molecule has 144 valence electrons. The molecule has 0 N–H and O–H groups in total. The number of piperazine rings is 1. The maximum Gasteiger partial charge on any atom is 0.203 e. The lowest BCUT2D eigenvalue weighted by Gasteiger charge is -2.34. The predicted molar refractivity (Wildman–Crippen MR) is 109 cm³/mol. The fraction of sp³-hybridized carbons (Fsp3) is 0.350. The van der Waals surface area contributed by atoms with Gasteiger partial charge in [-0.25, -0.2) is 0 Å². The van der Waals surface area contributed by atoms with Gasteiger partial charge in [-0.2, -0.15) is 5.10 Å². The number of hydrogen-bond donors (Lipinski definition) is 0. The number of hydrogen-bond acceptors (Lipinski definition) is 6. The smallest absolute Gasteiger partial charge is 0.203 e. The molecular formula is C20H24ClN3O3. The van der Waals surface area contributed by atoms with Crippen molar-refractivity contribution in [1.29, 1.82) is 0 Å². The molecule has 27 heavy (non-hydrogen) atoms. The molecule has 1 fully saturated rings. The molecular weight excluding hydrogens is 366 g/mol. The Morgan fingerprint density at radius 3 is 2.11 bits per heavy atom. The van der Waals surface area contributed by atoms with E-state index in [1.807, 2.05) is 24.3 Å². The molecule has 6 nitrogen and oxygen atoms in total. The second kappa shape index (κ2) is 8.86. The van der Waals surface area contributed by atoms with Crippen LogP contribution in [-0.2, 0) is 0 Å². The highest BCUT2D eigenvalue weighted by atomic mass is 35.5. The Morgan fingerprint density at radius 1 is 0.852 bits per heavy atom. The van der Waals surface area contributed by atoms with Crippen molar-refractivity contribution in [2.45, 2.75) is 0 Å². The molecule has 0 bridgehead atoms. The highest BCUT2D eigenvalue weighted by Crippen LogP contribution is 2.39. The first-order valence-corrected chi connectivity index (χ1v) is 9.12. The van der Waals surface area contributed by atoms with Gasteiger partial charge in [0, 0.05) is 29.4 Å². The zero-order valence-corrected chi connectivity index (χ0v) is 16.6. The minimum atomic E-state index is 0.566. The maximum atomic E-state index is 5.97. The molecule has 1 saturated heterocycles. The molecule has 0 amide bonds. The number of rotatable bonds is 6. The van der Waals surface area contributed by atoms with Crippen molar-refractivity contribution in [3.63, 3.8) is 0 Å². The fourth-order valence-electron chi connectivity index (χ4n) is 3.09. The third kappa shape index (κ3) is 4.39. The standard InChI is InChI=1S/C20H24ClN3O3/c1-25-18-9-4-15(19(26-2)20(18)27-3)14-22-24-12-10-23(11-13-24)17-7-5-16(21)6-8-17/h4-9,14H,10-13H2,1-3H3/b22-14-. The van der Waals surface area contributed by atoms with Gasteiger partial charge in [0.1, 0.15) is 0 Å². The van der Waals surface area contributed by atoms with Crippen molar-refractivity contribution >= 4 is 23.5 Å². The molecule has 0 aromatic heterocycles. The molecule has 0 spiro atoms. The van der Waals surface area contributed by atoms with E-state index >= 15 is 0 Å². The molecule has 7 heteroatoms. The lowest BCUT2D eigenvalue weighted by molar-refractivity contribution is 0.272. The van der Waals surface area contributed by atoms with Crippen LogP contribution >= 0.6 is 11.6 Å². The highest BCUT2D eigenvalue weighted by Gasteiger charge is 2.17. The Morgan fingerprint density at radius 2 is 1.52 bits per heavy atom. The van der Waals surface area contributed by atoms with E-state index in [4.69, 9.17) is 25.8 Å². The number of hydrazone groups is 1. The predicted octanol–water partition coefficient (Wildman–Crippen LogP) is 3.52. The number of benzene rings is 2. The topological polar surface area (TPSA) is 46.5 Å². The Bertz CT molecular complexity index is 788. The van der Waals surface area contributed by atoms with Crippen LogP contribution in [0.3, 0.4) is 0 Å². The number of halogens is 1.